The number of primary sulfonamides is 1. The minimum atomic E-state index is -3.79. The summed E-state index contributed by atoms with van der Waals surface area (Å²) in [5, 5.41) is 13.8. The number of hydrogen-bond donors (Lipinski definition) is 5. The highest BCUT2D eigenvalue weighted by molar-refractivity contribution is 7.89. The van der Waals surface area contributed by atoms with Crippen molar-refractivity contribution in [1.82, 2.24) is 23.8 Å². The Bertz CT molecular complexity index is 3720. The average molecular weight is 1060 g/mol. The number of carboxylic acids is 1. The van der Waals surface area contributed by atoms with Crippen LogP contribution in [0.15, 0.2) is 134 Å². The maximum Gasteiger partial charge on any atom is 0.341 e. The highest BCUT2D eigenvalue weighted by Crippen LogP contribution is 2.36. The number of nitrogens with zero attached hydrogens (tertiary/aromatic N) is 4. The van der Waals surface area contributed by atoms with Crippen LogP contribution >= 0.6 is 0 Å². The second-order valence-corrected chi connectivity index (χ2v) is 20.1. The number of fused-ring (bicyclic) bond motifs is 2. The highest BCUT2D eigenvalue weighted by Gasteiger charge is 2.29. The molecule has 0 aliphatic heterocycles. The lowest BCUT2D eigenvalue weighted by atomic mass is 9.99. The van der Waals surface area contributed by atoms with Crippen molar-refractivity contribution >= 4 is 77.1 Å². The van der Waals surface area contributed by atoms with E-state index in [0.717, 1.165) is 45.9 Å². The fourth-order valence-corrected chi connectivity index (χ4v) is 8.64. The Balaban J connectivity index is 0.000000225. The standard InChI is InChI=1S/C26H24N4O6S.C25H21N3O5.CH5NO2S/c1-16-22(24(32)25(27)33)23-20(12-13-28-26(23)36-15-21(31)29-37(2,34)35)30(16)14-18-10-6-7-11-19(18)17-8-4-3-5-9-17;1-15-21(23(31)24(26)32)22-19(11-12-27-25(22)33-14-20(29)30)28(15)13-17-9-5-6-10-18(17)16-7-3-2-4-8-16;1-5(2,3)4/h3-13H,14-15H2,1-2H3,(H2,27,33)(H,29,31);2-12H,13-14H2,1H3,(H2,26,32)(H,29,30);1H3,(H2,2,3,4). The van der Waals surface area contributed by atoms with Crippen LogP contribution in [-0.2, 0) is 52.3 Å². The number of amides is 3. The van der Waals surface area contributed by atoms with Gasteiger partial charge in [-0.3, -0.25) is 28.7 Å². The number of nitrogens with one attached hydrogen (secondary N) is 1. The molecule has 75 heavy (non-hydrogen) atoms. The molecule has 0 saturated heterocycles. The third kappa shape index (κ3) is 13.9. The fourth-order valence-electron chi connectivity index (χ4n) is 8.16. The molecule has 8 aromatic rings. The molecule has 23 heteroatoms. The van der Waals surface area contributed by atoms with Crippen molar-refractivity contribution in [3.63, 3.8) is 0 Å². The third-order valence-electron chi connectivity index (χ3n) is 11.1. The summed E-state index contributed by atoms with van der Waals surface area (Å²) in [6.07, 6.45) is 4.68. The van der Waals surface area contributed by atoms with Crippen molar-refractivity contribution in [2.75, 3.05) is 25.7 Å². The second kappa shape index (κ2) is 23.7. The van der Waals surface area contributed by atoms with Crippen LogP contribution in [-0.4, -0.2) is 102 Å². The van der Waals surface area contributed by atoms with Crippen LogP contribution in [0.2, 0.25) is 0 Å². The molecular weight excluding hydrogens is 1010 g/mol. The van der Waals surface area contributed by atoms with Gasteiger partial charge < -0.3 is 35.2 Å². The average Bonchev–Trinajstić information content (AvgIpc) is 3.80. The number of primary amides is 2. The summed E-state index contributed by atoms with van der Waals surface area (Å²) in [5.41, 5.74) is 18.8. The minimum absolute atomic E-state index is 0.00585. The molecule has 388 valence electrons. The Labute approximate surface area is 430 Å². The molecule has 0 spiro atoms. The van der Waals surface area contributed by atoms with Gasteiger partial charge >= 0.3 is 5.97 Å². The van der Waals surface area contributed by atoms with Crippen LogP contribution in [0.5, 0.6) is 11.8 Å². The maximum absolute atomic E-state index is 12.9. The van der Waals surface area contributed by atoms with E-state index in [9.17, 15) is 45.6 Å². The van der Waals surface area contributed by atoms with Gasteiger partial charge in [0.1, 0.15) is 0 Å². The van der Waals surface area contributed by atoms with Gasteiger partial charge in [-0.1, -0.05) is 109 Å². The zero-order valence-corrected chi connectivity index (χ0v) is 42.3. The molecule has 8 rings (SSSR count). The van der Waals surface area contributed by atoms with Crippen LogP contribution < -0.4 is 30.8 Å². The quantitative estimate of drug-likeness (QED) is 0.0628. The summed E-state index contributed by atoms with van der Waals surface area (Å²) >= 11 is 0. The number of sulfonamides is 2. The lowest BCUT2D eigenvalue weighted by molar-refractivity contribution is -0.139. The number of nitrogens with two attached hydrogens (primary N) is 3. The summed E-state index contributed by atoms with van der Waals surface area (Å²) < 4.78 is 57.8. The molecule has 0 fully saturated rings. The molecule has 0 atom stereocenters. The number of carbonyl (C=O) groups excluding carboxylic acids is 5. The first-order chi connectivity index (χ1) is 35.4. The first-order valence-electron chi connectivity index (χ1n) is 22.3. The molecule has 0 bridgehead atoms. The van der Waals surface area contributed by atoms with E-state index in [-0.39, 0.29) is 33.7 Å². The molecule has 4 aromatic heterocycles. The van der Waals surface area contributed by atoms with Crippen LogP contribution in [0.1, 0.15) is 43.2 Å². The Morgan fingerprint density at radius 3 is 1.29 bits per heavy atom. The van der Waals surface area contributed by atoms with Gasteiger partial charge in [-0.15, -0.1) is 0 Å². The number of pyridine rings is 2. The molecule has 4 aromatic carbocycles. The molecule has 0 radical (unpaired) electrons. The predicted molar refractivity (Wildman–Crippen MR) is 279 cm³/mol. The molecule has 0 unspecified atom stereocenters. The van der Waals surface area contributed by atoms with Crippen molar-refractivity contribution < 1.29 is 60.2 Å². The summed E-state index contributed by atoms with van der Waals surface area (Å²) in [5.74, 6) is -6.36. The number of rotatable bonds is 17. The molecule has 0 aliphatic rings. The SMILES string of the molecule is CS(N)(=O)=O.Cc1c(C(=O)C(N)=O)c2c(OCC(=O)NS(C)(=O)=O)nccc2n1Cc1ccccc1-c1ccccc1.Cc1c(C(=O)C(N)=O)c2c(OCC(=O)O)nccc2n1Cc1ccccc1-c1ccccc1. The van der Waals surface area contributed by atoms with Gasteiger partial charge in [-0.2, -0.15) is 0 Å². The molecule has 4 heterocycles. The van der Waals surface area contributed by atoms with Gasteiger partial charge in [-0.05, 0) is 59.4 Å². The van der Waals surface area contributed by atoms with Crippen molar-refractivity contribution in [2.24, 2.45) is 16.6 Å². The van der Waals surface area contributed by atoms with E-state index in [1.54, 1.807) is 30.7 Å². The number of carbonyl (C=O) groups is 6. The van der Waals surface area contributed by atoms with Gasteiger partial charge in [0.05, 0.1) is 45.4 Å². The van der Waals surface area contributed by atoms with Crippen molar-refractivity contribution in [2.45, 2.75) is 26.9 Å². The Kier molecular flexibility index (Phi) is 17.4. The van der Waals surface area contributed by atoms with E-state index < -0.39 is 68.5 Å². The first kappa shape index (κ1) is 55.3. The minimum Gasteiger partial charge on any atom is -0.479 e. The van der Waals surface area contributed by atoms with Gasteiger partial charge in [0.25, 0.3) is 29.3 Å². The Hall–Kier alpha value is -9.06. The van der Waals surface area contributed by atoms with E-state index in [1.165, 1.54) is 12.4 Å². The number of aliphatic carboxylic acids is 1. The lowest BCUT2D eigenvalue weighted by Crippen LogP contribution is -2.33. The maximum atomic E-state index is 12.9. The zero-order chi connectivity index (χ0) is 54.8. The van der Waals surface area contributed by atoms with Crippen molar-refractivity contribution in [3.8, 4) is 34.0 Å². The van der Waals surface area contributed by atoms with E-state index in [2.05, 4.69) is 15.1 Å². The number of benzene rings is 4. The molecule has 21 nitrogen and oxygen atoms in total. The molecule has 0 saturated carbocycles. The van der Waals surface area contributed by atoms with Crippen molar-refractivity contribution in [3.05, 3.63) is 167 Å². The summed E-state index contributed by atoms with van der Waals surface area (Å²) in [4.78, 5) is 80.6. The number of ether oxygens (including phenoxy) is 2. The Morgan fingerprint density at radius 2 is 0.933 bits per heavy atom. The van der Waals surface area contributed by atoms with Gasteiger partial charge in [0.2, 0.25) is 31.8 Å². The van der Waals surface area contributed by atoms with Crippen LogP contribution in [0.25, 0.3) is 44.1 Å². The molecular formula is C52H50N8O13S2. The lowest BCUT2D eigenvalue weighted by Gasteiger charge is -2.14. The molecule has 3 amide bonds. The topological polar surface area (TPSA) is 335 Å². The number of aromatic nitrogens is 4. The normalized spacial score (nSPS) is 11.1. The highest BCUT2D eigenvalue weighted by atomic mass is 32.2. The van der Waals surface area contributed by atoms with E-state index >= 15 is 0 Å². The predicted octanol–water partition coefficient (Wildman–Crippen LogP) is 4.28. The Morgan fingerprint density at radius 1 is 0.573 bits per heavy atom. The van der Waals surface area contributed by atoms with Crippen LogP contribution in [0.4, 0.5) is 0 Å². The summed E-state index contributed by atoms with van der Waals surface area (Å²) in [6.45, 7) is 2.81. The van der Waals surface area contributed by atoms with E-state index in [1.807, 2.05) is 118 Å². The van der Waals surface area contributed by atoms with E-state index in [4.69, 9.17) is 26.0 Å². The molecule has 0 aliphatic carbocycles. The largest absolute Gasteiger partial charge is 0.479 e. The smallest absolute Gasteiger partial charge is 0.341 e. The third-order valence-corrected chi connectivity index (χ3v) is 11.7. The number of hydrogen-bond acceptors (Lipinski definition) is 14. The van der Waals surface area contributed by atoms with Crippen molar-refractivity contribution in [1.29, 1.82) is 0 Å². The number of carboxylic acid groups (broad SMARTS) is 1. The van der Waals surface area contributed by atoms with Gasteiger partial charge in [0, 0.05) is 36.9 Å². The fraction of sp³-hybridized carbons (Fsp3) is 0.154. The summed E-state index contributed by atoms with van der Waals surface area (Å²) in [6, 6.07) is 38.8. The van der Waals surface area contributed by atoms with Crippen LogP contribution in [0, 0.1) is 13.8 Å². The molecule has 8 N–H and O–H groups in total. The zero-order valence-electron chi connectivity index (χ0n) is 40.7. The number of ketones is 2. The van der Waals surface area contributed by atoms with Crippen LogP contribution in [0.3, 0.4) is 0 Å². The van der Waals surface area contributed by atoms with E-state index in [0.29, 0.717) is 35.5 Å². The van der Waals surface area contributed by atoms with Gasteiger partial charge in [0.15, 0.2) is 13.2 Å². The second-order valence-electron chi connectivity index (χ2n) is 16.6. The summed E-state index contributed by atoms with van der Waals surface area (Å²) in [7, 11) is -6.95. The van der Waals surface area contributed by atoms with Gasteiger partial charge in [-0.25, -0.2) is 36.7 Å². The monoisotopic (exact) mass is 1060 g/mol. The number of Topliss-reactive ketones (excluding diaryl/α,β-unsaturated/α-hetero) is 2. The first-order valence-corrected chi connectivity index (χ1v) is 26.2.